The predicted octanol–water partition coefficient (Wildman–Crippen LogP) is 5.48. The lowest BCUT2D eigenvalue weighted by Crippen LogP contribution is -2.33. The summed E-state index contributed by atoms with van der Waals surface area (Å²) >= 11 is 7.44. The summed E-state index contributed by atoms with van der Waals surface area (Å²) < 4.78 is 3.26. The summed E-state index contributed by atoms with van der Waals surface area (Å²) in [6, 6.07) is 27.3. The fraction of sp³-hybridized carbons (Fsp3) is 0.143. The Morgan fingerprint density at radius 1 is 1.00 bits per heavy atom. The van der Waals surface area contributed by atoms with Crippen LogP contribution < -0.4 is 10.6 Å². The van der Waals surface area contributed by atoms with Gasteiger partial charge in [-0.1, -0.05) is 47.7 Å². The number of hydrogen-bond donors (Lipinski definition) is 2. The number of amides is 1. The molecule has 184 valence electrons. The average Bonchev–Trinajstić information content (AvgIpc) is 3.65. The smallest absolute Gasteiger partial charge is 0.226 e. The molecule has 1 amide bonds. The van der Waals surface area contributed by atoms with Crippen molar-refractivity contribution in [2.24, 2.45) is 0 Å². The molecule has 2 aromatic carbocycles. The Morgan fingerprint density at radius 3 is 2.62 bits per heavy atom. The first kappa shape index (κ1) is 23.3. The Balaban J connectivity index is 1.33. The second-order valence-corrected chi connectivity index (χ2v) is 10.1. The topological polar surface area (TPSA) is 75.1 Å². The molecule has 0 spiro atoms. The normalized spacial score (nSPS) is 17.2. The van der Waals surface area contributed by atoms with Crippen molar-refractivity contribution in [1.82, 2.24) is 24.8 Å². The zero-order valence-electron chi connectivity index (χ0n) is 19.8. The molecule has 1 fully saturated rings. The lowest BCUT2D eigenvalue weighted by molar-refractivity contribution is -0.116. The molecule has 2 N–H and O–H groups in total. The fourth-order valence-corrected chi connectivity index (χ4v) is 6.01. The molecule has 37 heavy (non-hydrogen) atoms. The largest absolute Gasteiger partial charge is 0.352 e. The van der Waals surface area contributed by atoms with Crippen LogP contribution in [0, 0.1) is 0 Å². The average molecular weight is 525 g/mol. The Morgan fingerprint density at radius 2 is 1.81 bits per heavy atom. The van der Waals surface area contributed by atoms with Crippen molar-refractivity contribution in [1.29, 1.82) is 0 Å². The van der Waals surface area contributed by atoms with Gasteiger partial charge in [-0.3, -0.25) is 14.3 Å². The Labute approximate surface area is 223 Å². The number of aromatic nitrogens is 3. The number of nitrogens with zero attached hydrogens (tertiary/aromatic N) is 4. The van der Waals surface area contributed by atoms with Crippen molar-refractivity contribution in [2.45, 2.75) is 18.5 Å². The van der Waals surface area contributed by atoms with Crippen LogP contribution in [0.1, 0.15) is 29.9 Å². The van der Waals surface area contributed by atoms with E-state index in [4.69, 9.17) is 17.2 Å². The number of rotatable bonds is 7. The van der Waals surface area contributed by atoms with Crippen molar-refractivity contribution in [2.75, 3.05) is 11.9 Å². The molecule has 1 aliphatic heterocycles. The summed E-state index contributed by atoms with van der Waals surface area (Å²) in [5.41, 5.74) is 3.67. The molecule has 5 aromatic rings. The fourth-order valence-electron chi connectivity index (χ4n) is 4.71. The van der Waals surface area contributed by atoms with Crippen molar-refractivity contribution < 1.29 is 4.79 Å². The highest BCUT2D eigenvalue weighted by Crippen LogP contribution is 2.40. The van der Waals surface area contributed by atoms with Gasteiger partial charge in [0.2, 0.25) is 5.91 Å². The Bertz CT molecular complexity index is 1520. The maximum absolute atomic E-state index is 12.8. The number of pyridine rings is 1. The van der Waals surface area contributed by atoms with E-state index in [2.05, 4.69) is 37.2 Å². The van der Waals surface area contributed by atoms with Crippen LogP contribution >= 0.6 is 23.6 Å². The van der Waals surface area contributed by atoms with Gasteiger partial charge in [-0.15, -0.1) is 0 Å². The van der Waals surface area contributed by atoms with E-state index in [1.54, 1.807) is 17.5 Å². The minimum absolute atomic E-state index is 0.0596. The zero-order valence-corrected chi connectivity index (χ0v) is 21.5. The highest BCUT2D eigenvalue weighted by atomic mass is 32.1. The first-order chi connectivity index (χ1) is 18.2. The van der Waals surface area contributed by atoms with Gasteiger partial charge >= 0.3 is 0 Å². The summed E-state index contributed by atoms with van der Waals surface area (Å²) in [7, 11) is 0. The van der Waals surface area contributed by atoms with Gasteiger partial charge in [0.25, 0.3) is 0 Å². The number of carbonyl (C=O) groups is 1. The number of benzene rings is 2. The summed E-state index contributed by atoms with van der Waals surface area (Å²) in [5.74, 6) is -0.0596. The summed E-state index contributed by atoms with van der Waals surface area (Å²) in [5, 5.41) is 7.93. The maximum Gasteiger partial charge on any atom is 0.226 e. The molecule has 0 aliphatic carbocycles. The molecule has 3 aromatic heterocycles. The van der Waals surface area contributed by atoms with E-state index < -0.39 is 0 Å². The molecule has 7 nitrogen and oxygen atoms in total. The van der Waals surface area contributed by atoms with Crippen molar-refractivity contribution >= 4 is 50.5 Å². The number of thiocarbonyl (C=S) groups is 1. The quantitative estimate of drug-likeness (QED) is 0.275. The monoisotopic (exact) mass is 524 g/mol. The van der Waals surface area contributed by atoms with Crippen molar-refractivity contribution in [3.8, 4) is 5.13 Å². The van der Waals surface area contributed by atoms with Gasteiger partial charge in [-0.05, 0) is 60.7 Å². The first-order valence-electron chi connectivity index (χ1n) is 12.0. The standard InChI is InChI=1S/C28H24N6OS2/c35-24(30-19-9-2-1-3-10-19)15-18-34-26(25(32-27(34)36)21-12-6-7-16-29-21)22-13-8-17-33(22)28-31-20-11-4-5-14-23(20)37-28/h1-14,16-17,25-26H,15,18H2,(H,30,35)(H,32,36)/t25-,26-/m1/s1. The summed E-state index contributed by atoms with van der Waals surface area (Å²) in [6.45, 7) is 0.462. The first-order valence-corrected chi connectivity index (χ1v) is 13.3. The van der Waals surface area contributed by atoms with E-state index in [9.17, 15) is 4.79 Å². The van der Waals surface area contributed by atoms with Crippen LogP contribution in [-0.2, 0) is 4.79 Å². The Hall–Kier alpha value is -4.08. The van der Waals surface area contributed by atoms with Crippen molar-refractivity contribution in [3.63, 3.8) is 0 Å². The third kappa shape index (κ3) is 4.71. The molecule has 0 bridgehead atoms. The van der Waals surface area contributed by atoms with Crippen LogP contribution in [0.2, 0.25) is 0 Å². The van der Waals surface area contributed by atoms with Gasteiger partial charge in [-0.25, -0.2) is 4.98 Å². The van der Waals surface area contributed by atoms with E-state index >= 15 is 0 Å². The van der Waals surface area contributed by atoms with Crippen molar-refractivity contribution in [3.05, 3.63) is 109 Å². The highest BCUT2D eigenvalue weighted by Gasteiger charge is 2.41. The Kier molecular flexibility index (Phi) is 6.38. The van der Waals surface area contributed by atoms with E-state index in [0.717, 1.165) is 32.4 Å². The third-order valence-electron chi connectivity index (χ3n) is 6.41. The van der Waals surface area contributed by atoms with Gasteiger partial charge in [0.1, 0.15) is 0 Å². The highest BCUT2D eigenvalue weighted by molar-refractivity contribution is 7.80. The molecule has 6 rings (SSSR count). The SMILES string of the molecule is O=C(CCN1C(=S)N[C@H](c2ccccn2)[C@H]1c1cccn1-c1nc2ccccc2s1)Nc1ccccc1. The molecule has 4 heterocycles. The van der Waals surface area contributed by atoms with Crippen LogP contribution in [-0.4, -0.2) is 37.0 Å². The van der Waals surface area contributed by atoms with Gasteiger partial charge in [0, 0.05) is 31.0 Å². The molecule has 0 unspecified atom stereocenters. The number of para-hydroxylation sites is 2. The lowest BCUT2D eigenvalue weighted by Gasteiger charge is -2.28. The minimum atomic E-state index is -0.172. The van der Waals surface area contributed by atoms with E-state index in [0.29, 0.717) is 18.1 Å². The van der Waals surface area contributed by atoms with E-state index in [1.165, 1.54) is 0 Å². The van der Waals surface area contributed by atoms with Gasteiger partial charge in [0.15, 0.2) is 10.2 Å². The van der Waals surface area contributed by atoms with Gasteiger partial charge < -0.3 is 15.5 Å². The molecule has 2 atom stereocenters. The zero-order chi connectivity index (χ0) is 25.2. The minimum Gasteiger partial charge on any atom is -0.352 e. The van der Waals surface area contributed by atoms with Crippen LogP contribution in [0.4, 0.5) is 5.69 Å². The second kappa shape index (κ2) is 10.1. The molecule has 1 saturated heterocycles. The molecule has 0 radical (unpaired) electrons. The molecular weight excluding hydrogens is 500 g/mol. The van der Waals surface area contributed by atoms with Crippen LogP contribution in [0.3, 0.4) is 0 Å². The number of hydrogen-bond acceptors (Lipinski definition) is 5. The van der Waals surface area contributed by atoms with E-state index in [1.807, 2.05) is 79.0 Å². The number of anilines is 1. The lowest BCUT2D eigenvalue weighted by atomic mass is 10.0. The molecular formula is C28H24N6OS2. The second-order valence-electron chi connectivity index (χ2n) is 8.75. The number of thiazole rings is 1. The predicted molar refractivity (Wildman–Crippen MR) is 151 cm³/mol. The van der Waals surface area contributed by atoms with Crippen LogP contribution in [0.25, 0.3) is 15.3 Å². The van der Waals surface area contributed by atoms with E-state index in [-0.39, 0.29) is 18.0 Å². The molecule has 9 heteroatoms. The van der Waals surface area contributed by atoms with Crippen LogP contribution in [0.5, 0.6) is 0 Å². The molecule has 1 aliphatic rings. The van der Waals surface area contributed by atoms with Gasteiger partial charge in [-0.2, -0.15) is 0 Å². The summed E-state index contributed by atoms with van der Waals surface area (Å²) in [4.78, 5) is 24.4. The van der Waals surface area contributed by atoms with Crippen LogP contribution in [0.15, 0.2) is 97.3 Å². The molecule has 0 saturated carbocycles. The third-order valence-corrected chi connectivity index (χ3v) is 7.80. The maximum atomic E-state index is 12.8. The van der Waals surface area contributed by atoms with Gasteiger partial charge in [0.05, 0.1) is 33.7 Å². The number of carbonyl (C=O) groups excluding carboxylic acids is 1. The number of fused-ring (bicyclic) bond motifs is 1. The summed E-state index contributed by atoms with van der Waals surface area (Å²) in [6.07, 6.45) is 4.12. The number of nitrogens with one attached hydrogen (secondary N) is 2.